The number of fused-ring (bicyclic) bond motifs is 1. The summed E-state index contributed by atoms with van der Waals surface area (Å²) in [5.74, 6) is -0.975. The zero-order valence-corrected chi connectivity index (χ0v) is 24.0. The SMILES string of the molecule is COC(=O)C[C@@H]1NC(=O)c2cc(Oc3cc(C)ccc3C)c(NC(=O)c3cc(OC)c(OC)c(OC)c3)cc2NC1=O. The second kappa shape index (κ2) is 12.5. The van der Waals surface area contributed by atoms with E-state index in [1.54, 1.807) is 0 Å². The second-order valence-corrected chi connectivity index (χ2v) is 9.43. The molecule has 0 saturated carbocycles. The highest BCUT2D eigenvalue weighted by Crippen LogP contribution is 2.40. The molecule has 220 valence electrons. The van der Waals surface area contributed by atoms with Crippen LogP contribution < -0.4 is 34.9 Å². The van der Waals surface area contributed by atoms with E-state index in [4.69, 9.17) is 18.9 Å². The van der Waals surface area contributed by atoms with Crippen LogP contribution in [0.4, 0.5) is 11.4 Å². The topological polar surface area (TPSA) is 151 Å². The molecule has 3 N–H and O–H groups in total. The van der Waals surface area contributed by atoms with Crippen LogP contribution in [0.3, 0.4) is 0 Å². The number of hydrogen-bond acceptors (Lipinski definition) is 9. The molecule has 0 unspecified atom stereocenters. The Labute approximate surface area is 242 Å². The Morgan fingerprint density at radius 1 is 0.857 bits per heavy atom. The smallest absolute Gasteiger partial charge is 0.308 e. The first-order valence-electron chi connectivity index (χ1n) is 12.8. The lowest BCUT2D eigenvalue weighted by molar-refractivity contribution is -0.142. The van der Waals surface area contributed by atoms with Crippen LogP contribution in [-0.4, -0.2) is 58.2 Å². The van der Waals surface area contributed by atoms with Crippen LogP contribution in [-0.2, 0) is 14.3 Å². The Balaban J connectivity index is 1.78. The monoisotopic (exact) mass is 577 g/mol. The number of anilines is 2. The fourth-order valence-corrected chi connectivity index (χ4v) is 4.31. The fraction of sp³-hybridized carbons (Fsp3) is 0.267. The summed E-state index contributed by atoms with van der Waals surface area (Å²) < 4.78 is 27.0. The summed E-state index contributed by atoms with van der Waals surface area (Å²) >= 11 is 0. The van der Waals surface area contributed by atoms with E-state index < -0.39 is 29.7 Å². The fourth-order valence-electron chi connectivity index (χ4n) is 4.31. The molecule has 1 heterocycles. The van der Waals surface area contributed by atoms with Gasteiger partial charge in [0.25, 0.3) is 11.8 Å². The van der Waals surface area contributed by atoms with E-state index in [0.717, 1.165) is 11.1 Å². The van der Waals surface area contributed by atoms with Crippen LogP contribution in [0.5, 0.6) is 28.7 Å². The minimum absolute atomic E-state index is 0.0711. The molecule has 0 radical (unpaired) electrons. The van der Waals surface area contributed by atoms with Gasteiger partial charge in [-0.15, -0.1) is 0 Å². The van der Waals surface area contributed by atoms with Gasteiger partial charge in [0.05, 0.1) is 51.8 Å². The van der Waals surface area contributed by atoms with E-state index in [-0.39, 0.29) is 46.2 Å². The summed E-state index contributed by atoms with van der Waals surface area (Å²) in [5, 5.41) is 8.01. The zero-order valence-electron chi connectivity index (χ0n) is 24.0. The molecule has 3 aromatic carbocycles. The first-order chi connectivity index (χ1) is 20.1. The summed E-state index contributed by atoms with van der Waals surface area (Å²) in [7, 11) is 5.51. The number of nitrogens with one attached hydrogen (secondary N) is 3. The maximum atomic E-state index is 13.5. The van der Waals surface area contributed by atoms with Gasteiger partial charge >= 0.3 is 5.97 Å². The molecular formula is C30H31N3O9. The lowest BCUT2D eigenvalue weighted by atomic mass is 10.1. The van der Waals surface area contributed by atoms with Crippen molar-refractivity contribution in [2.24, 2.45) is 0 Å². The molecule has 0 spiro atoms. The minimum Gasteiger partial charge on any atom is -0.493 e. The Hall–Kier alpha value is -5.26. The summed E-state index contributed by atoms with van der Waals surface area (Å²) in [5.41, 5.74) is 2.27. The molecule has 0 saturated heterocycles. The largest absolute Gasteiger partial charge is 0.493 e. The minimum atomic E-state index is -1.17. The predicted molar refractivity (Wildman–Crippen MR) is 153 cm³/mol. The van der Waals surface area contributed by atoms with Crippen molar-refractivity contribution in [3.05, 3.63) is 64.7 Å². The van der Waals surface area contributed by atoms with Crippen molar-refractivity contribution in [2.75, 3.05) is 39.1 Å². The van der Waals surface area contributed by atoms with Gasteiger partial charge in [0.1, 0.15) is 11.8 Å². The first kappa shape index (κ1) is 29.7. The van der Waals surface area contributed by atoms with Gasteiger partial charge in [-0.25, -0.2) is 0 Å². The maximum absolute atomic E-state index is 13.5. The van der Waals surface area contributed by atoms with Crippen LogP contribution in [0.2, 0.25) is 0 Å². The molecule has 4 rings (SSSR count). The summed E-state index contributed by atoms with van der Waals surface area (Å²) in [4.78, 5) is 51.4. The Morgan fingerprint density at radius 3 is 2.17 bits per heavy atom. The number of aryl methyl sites for hydroxylation is 2. The number of ether oxygens (including phenoxy) is 5. The van der Waals surface area contributed by atoms with Gasteiger partial charge in [-0.2, -0.15) is 0 Å². The van der Waals surface area contributed by atoms with E-state index in [1.165, 1.54) is 52.7 Å². The number of carbonyl (C=O) groups is 4. The third-order valence-electron chi connectivity index (χ3n) is 6.58. The van der Waals surface area contributed by atoms with Gasteiger partial charge < -0.3 is 39.6 Å². The van der Waals surface area contributed by atoms with Crippen molar-refractivity contribution < 1.29 is 42.9 Å². The van der Waals surface area contributed by atoms with Crippen molar-refractivity contribution in [3.63, 3.8) is 0 Å². The molecule has 42 heavy (non-hydrogen) atoms. The third kappa shape index (κ3) is 6.22. The highest BCUT2D eigenvalue weighted by molar-refractivity contribution is 6.13. The lowest BCUT2D eigenvalue weighted by Crippen LogP contribution is -2.42. The third-order valence-corrected chi connectivity index (χ3v) is 6.58. The van der Waals surface area contributed by atoms with Gasteiger partial charge in [-0.05, 0) is 55.3 Å². The van der Waals surface area contributed by atoms with Gasteiger partial charge in [-0.3, -0.25) is 19.2 Å². The number of hydrogen-bond donors (Lipinski definition) is 3. The molecule has 3 amide bonds. The Bertz CT molecular complexity index is 1540. The van der Waals surface area contributed by atoms with Gasteiger partial charge in [0.2, 0.25) is 11.7 Å². The van der Waals surface area contributed by atoms with E-state index >= 15 is 0 Å². The molecule has 0 aliphatic carbocycles. The van der Waals surface area contributed by atoms with Crippen molar-refractivity contribution in [1.82, 2.24) is 5.32 Å². The van der Waals surface area contributed by atoms with Gasteiger partial charge in [0.15, 0.2) is 17.2 Å². The van der Waals surface area contributed by atoms with E-state index in [9.17, 15) is 19.2 Å². The Kier molecular flexibility index (Phi) is 8.84. The Morgan fingerprint density at radius 2 is 1.55 bits per heavy atom. The van der Waals surface area contributed by atoms with Crippen LogP contribution in [0.1, 0.15) is 38.3 Å². The first-order valence-corrected chi connectivity index (χ1v) is 12.8. The number of rotatable bonds is 9. The lowest BCUT2D eigenvalue weighted by Gasteiger charge is -2.18. The average Bonchev–Trinajstić information content (AvgIpc) is 3.08. The number of benzene rings is 3. The van der Waals surface area contributed by atoms with Gasteiger partial charge in [-0.1, -0.05) is 12.1 Å². The maximum Gasteiger partial charge on any atom is 0.308 e. The highest BCUT2D eigenvalue weighted by atomic mass is 16.5. The summed E-state index contributed by atoms with van der Waals surface area (Å²) in [6, 6.07) is 10.3. The van der Waals surface area contributed by atoms with Crippen molar-refractivity contribution in [3.8, 4) is 28.7 Å². The normalized spacial score (nSPS) is 14.0. The van der Waals surface area contributed by atoms with Crippen molar-refractivity contribution in [2.45, 2.75) is 26.3 Å². The molecule has 12 nitrogen and oxygen atoms in total. The van der Waals surface area contributed by atoms with Crippen molar-refractivity contribution in [1.29, 1.82) is 0 Å². The molecule has 0 aromatic heterocycles. The standard InChI is InChI=1S/C30H31N3O9/c1-15-7-8-16(2)22(9-15)42-23-12-18-19(31-30(37)21(33-29(18)36)14-26(34)40-5)13-20(23)32-28(35)17-10-24(38-3)27(41-6)25(11-17)39-4/h7-13,21H,14H2,1-6H3,(H,31,37)(H,32,35)(H,33,36)/t21-/m0/s1. The number of esters is 1. The van der Waals surface area contributed by atoms with Crippen LogP contribution in [0, 0.1) is 13.8 Å². The average molecular weight is 578 g/mol. The quantitative estimate of drug-likeness (QED) is 0.321. The predicted octanol–water partition coefficient (Wildman–Crippen LogP) is 3.99. The van der Waals surface area contributed by atoms with E-state index in [0.29, 0.717) is 11.5 Å². The molecule has 1 aliphatic heterocycles. The number of amides is 3. The number of methoxy groups -OCH3 is 4. The summed E-state index contributed by atoms with van der Waals surface area (Å²) in [6.07, 6.45) is -0.362. The zero-order chi connectivity index (χ0) is 30.6. The van der Waals surface area contributed by atoms with Crippen molar-refractivity contribution >= 4 is 35.1 Å². The molecule has 12 heteroatoms. The summed E-state index contributed by atoms with van der Waals surface area (Å²) in [6.45, 7) is 3.76. The van der Waals surface area contributed by atoms with Crippen LogP contribution in [0.25, 0.3) is 0 Å². The van der Waals surface area contributed by atoms with Crippen LogP contribution >= 0.6 is 0 Å². The molecule has 1 aliphatic rings. The van der Waals surface area contributed by atoms with E-state index in [1.807, 2.05) is 32.0 Å². The van der Waals surface area contributed by atoms with Crippen LogP contribution in [0.15, 0.2) is 42.5 Å². The van der Waals surface area contributed by atoms with E-state index in [2.05, 4.69) is 20.7 Å². The molecule has 0 bridgehead atoms. The highest BCUT2D eigenvalue weighted by Gasteiger charge is 2.31. The second-order valence-electron chi connectivity index (χ2n) is 9.43. The molecular weight excluding hydrogens is 546 g/mol. The molecule has 3 aromatic rings. The van der Waals surface area contributed by atoms with Gasteiger partial charge in [0, 0.05) is 5.56 Å². The molecule has 0 fully saturated rings. The number of carbonyl (C=O) groups excluding carboxylic acids is 4. The molecule has 1 atom stereocenters.